The largest absolute Gasteiger partial charge is 2.00 e. The van der Waals surface area contributed by atoms with Crippen molar-refractivity contribution in [3.8, 4) is 0 Å². The second-order valence-corrected chi connectivity index (χ2v) is 0. The van der Waals surface area contributed by atoms with Crippen molar-refractivity contribution in [2.45, 2.75) is 0 Å². The molecule has 0 aliphatic carbocycles. The molecule has 4 nitrogen and oxygen atoms in total. The molecule has 0 spiro atoms. The van der Waals surface area contributed by atoms with Crippen LogP contribution in [-0.2, 0) is 94.2 Å². The van der Waals surface area contributed by atoms with Crippen LogP contribution in [-0.4, -0.2) is 0 Å². The van der Waals surface area contributed by atoms with Crippen molar-refractivity contribution < 1.29 is 94.2 Å². The van der Waals surface area contributed by atoms with Crippen molar-refractivity contribution in [3.05, 3.63) is 0 Å². The summed E-state index contributed by atoms with van der Waals surface area (Å²) in [5.41, 5.74) is 0. The Labute approximate surface area is 93.5 Å². The first-order valence-corrected chi connectivity index (χ1v) is 0. The molecule has 69 valence electrons. The van der Waals surface area contributed by atoms with Crippen molar-refractivity contribution >= 4 is 0 Å². The zero-order valence-corrected chi connectivity index (χ0v) is 7.78. The predicted molar refractivity (Wildman–Crippen MR) is 2.75 cm³/mol. The number of hydrogen-bond acceptors (Lipinski definition) is 0. The van der Waals surface area contributed by atoms with Gasteiger partial charge < -0.3 is 21.9 Å². The Morgan fingerprint density at radius 2 is 0.500 bits per heavy atom. The first kappa shape index (κ1) is 191. The van der Waals surface area contributed by atoms with Crippen molar-refractivity contribution in [3.63, 3.8) is 0 Å². The van der Waals surface area contributed by atoms with Crippen LogP contribution in [0.5, 0.6) is 0 Å². The Kier molecular flexibility index (Phi) is 3260. The van der Waals surface area contributed by atoms with Crippen molar-refractivity contribution in [2.24, 2.45) is 0 Å². The molecule has 8 heavy (non-hydrogen) atoms. The van der Waals surface area contributed by atoms with E-state index in [1.54, 1.807) is 0 Å². The maximum atomic E-state index is 0. The molecule has 0 rings (SSSR count). The molecule has 0 N–H and O–H groups in total. The van der Waals surface area contributed by atoms with Gasteiger partial charge in [0.15, 0.2) is 0 Å². The average molecular weight is 351 g/mol. The molecule has 0 bridgehead atoms. The van der Waals surface area contributed by atoms with E-state index in [1.165, 1.54) is 0 Å². The van der Waals surface area contributed by atoms with Crippen LogP contribution >= 0.6 is 0 Å². The number of hydrogen-bond donors (Lipinski definition) is 0. The van der Waals surface area contributed by atoms with Gasteiger partial charge in [0, 0.05) is 38.1 Å². The molecule has 0 aromatic carbocycles. The first-order chi connectivity index (χ1) is 0. The second kappa shape index (κ2) is 136. The molecule has 0 saturated carbocycles. The van der Waals surface area contributed by atoms with Gasteiger partial charge in [0.2, 0.25) is 0 Å². The van der Waals surface area contributed by atoms with Crippen LogP contribution in [0.1, 0.15) is 0 Å². The minimum atomic E-state index is 0. The Bertz CT molecular complexity index is 11.2. The van der Waals surface area contributed by atoms with E-state index in [2.05, 4.69) is 0 Å². The molecule has 0 aromatic rings. The third-order valence-corrected chi connectivity index (χ3v) is 0. The normalized spacial score (nSPS) is 0. The standard InChI is InChI=1S/3Cu.Mo.4O/q;2*+1;;4*-2. The predicted octanol–water partition coefficient (Wildman–Crippen LogP) is -0.485. The topological polar surface area (TPSA) is 114 Å². The van der Waals surface area contributed by atoms with Crippen LogP contribution in [0.4, 0.5) is 0 Å². The van der Waals surface area contributed by atoms with Crippen LogP contribution in [0.25, 0.3) is 0 Å². The fraction of sp³-hybridized carbons (Fsp3) is 0. The Balaban J connectivity index is 0. The van der Waals surface area contributed by atoms with Crippen LogP contribution < -0.4 is 0 Å². The minimum Gasteiger partial charge on any atom is -2.00 e. The van der Waals surface area contributed by atoms with E-state index in [0.29, 0.717) is 0 Å². The SMILES string of the molecule is [Cu+].[Cu+].[Cu].[Mo].[O-2].[O-2].[O-2].[O-2]. The molecule has 0 heterocycles. The van der Waals surface area contributed by atoms with E-state index in [4.69, 9.17) is 0 Å². The van der Waals surface area contributed by atoms with Gasteiger partial charge in [-0.15, -0.1) is 0 Å². The van der Waals surface area contributed by atoms with Crippen LogP contribution in [0.2, 0.25) is 0 Å². The van der Waals surface area contributed by atoms with E-state index >= 15 is 0 Å². The monoisotopic (exact) mass is 351 g/mol. The quantitative estimate of drug-likeness (QED) is 0.525. The van der Waals surface area contributed by atoms with E-state index in [9.17, 15) is 0 Å². The van der Waals surface area contributed by atoms with Crippen molar-refractivity contribution in [2.75, 3.05) is 0 Å². The summed E-state index contributed by atoms with van der Waals surface area (Å²) in [5, 5.41) is 0. The molecule has 0 atom stereocenters. The molecular formula is Cu3MoO4-6. The molecule has 0 saturated heterocycles. The van der Waals surface area contributed by atoms with Crippen LogP contribution in [0.3, 0.4) is 0 Å². The zero-order chi connectivity index (χ0) is 0. The van der Waals surface area contributed by atoms with Gasteiger partial charge in [0.1, 0.15) is 0 Å². The molecule has 0 fully saturated rings. The van der Waals surface area contributed by atoms with E-state index < -0.39 is 0 Å². The summed E-state index contributed by atoms with van der Waals surface area (Å²) < 4.78 is 0. The summed E-state index contributed by atoms with van der Waals surface area (Å²) in [6.45, 7) is 0. The maximum absolute atomic E-state index is 0. The average Bonchev–Trinajstić information content (AvgIpc) is 0. The third-order valence-electron chi connectivity index (χ3n) is 0. The van der Waals surface area contributed by atoms with Gasteiger partial charge in [0.05, 0.1) is 0 Å². The molecule has 1 radical (unpaired) electrons. The van der Waals surface area contributed by atoms with Gasteiger partial charge in [-0.2, -0.15) is 0 Å². The van der Waals surface area contributed by atoms with Crippen LogP contribution in [0.15, 0.2) is 0 Å². The summed E-state index contributed by atoms with van der Waals surface area (Å²) >= 11 is 0. The molecule has 8 heteroatoms. The van der Waals surface area contributed by atoms with E-state index in [-0.39, 0.29) is 94.2 Å². The van der Waals surface area contributed by atoms with Gasteiger partial charge in [-0.3, -0.25) is 0 Å². The fourth-order valence-electron chi connectivity index (χ4n) is 0. The Morgan fingerprint density at radius 3 is 0.500 bits per heavy atom. The molecule has 0 unspecified atom stereocenters. The van der Waals surface area contributed by atoms with Crippen molar-refractivity contribution in [1.82, 2.24) is 0 Å². The van der Waals surface area contributed by atoms with E-state index in [1.807, 2.05) is 0 Å². The third kappa shape index (κ3) is 93.3. The summed E-state index contributed by atoms with van der Waals surface area (Å²) in [7, 11) is 0. The summed E-state index contributed by atoms with van der Waals surface area (Å²) in [6, 6.07) is 0. The van der Waals surface area contributed by atoms with Gasteiger partial charge >= 0.3 is 34.1 Å². The van der Waals surface area contributed by atoms with Gasteiger partial charge in [-0.25, -0.2) is 0 Å². The molecule has 0 aromatic heterocycles. The van der Waals surface area contributed by atoms with E-state index in [0.717, 1.165) is 0 Å². The molecule has 0 amide bonds. The Hall–Kier alpha value is 2.09. The van der Waals surface area contributed by atoms with Crippen LogP contribution in [0, 0.1) is 0 Å². The summed E-state index contributed by atoms with van der Waals surface area (Å²) in [5.74, 6) is 0. The van der Waals surface area contributed by atoms with Gasteiger partial charge in [-0.1, -0.05) is 0 Å². The Morgan fingerprint density at radius 1 is 0.500 bits per heavy atom. The second-order valence-electron chi connectivity index (χ2n) is 0. The smallest absolute Gasteiger partial charge is 1.00 e. The van der Waals surface area contributed by atoms with Gasteiger partial charge in [0.25, 0.3) is 0 Å². The zero-order valence-electron chi connectivity index (χ0n) is 2.95. The number of rotatable bonds is 0. The molecule has 0 aliphatic rings. The summed E-state index contributed by atoms with van der Waals surface area (Å²) in [6.07, 6.45) is 0. The molecule has 0 aliphatic heterocycles. The first-order valence-electron chi connectivity index (χ1n) is 0. The van der Waals surface area contributed by atoms with Crippen molar-refractivity contribution in [1.29, 1.82) is 0 Å². The maximum Gasteiger partial charge on any atom is 1.00 e. The molecular weight excluding hydrogens is 351 g/mol. The van der Waals surface area contributed by atoms with Gasteiger partial charge in [-0.05, 0) is 0 Å². The fourth-order valence-corrected chi connectivity index (χ4v) is 0. The minimum absolute atomic E-state index is 0. The summed E-state index contributed by atoms with van der Waals surface area (Å²) in [4.78, 5) is 0.